The van der Waals surface area contributed by atoms with Crippen molar-refractivity contribution in [3.8, 4) is 0 Å². The molecule has 0 spiro atoms. The molecule has 0 aliphatic carbocycles. The molecular weight excluding hydrogens is 336 g/mol. The van der Waals surface area contributed by atoms with Crippen LogP contribution in [0.15, 0.2) is 22.7 Å². The van der Waals surface area contributed by atoms with Crippen LogP contribution in [0.4, 0.5) is 0 Å². The molecule has 1 N–H and O–H groups in total. The Kier molecular flexibility index (Phi) is 4.60. The van der Waals surface area contributed by atoms with Gasteiger partial charge in [0.25, 0.3) is 5.91 Å². The SMILES string of the molecule is Cc1ccc(Br)c(C(=O)NC(C)c2sc(C)nc2C)c1. The Morgan fingerprint density at radius 3 is 2.65 bits per heavy atom. The lowest BCUT2D eigenvalue weighted by Gasteiger charge is -2.14. The van der Waals surface area contributed by atoms with Gasteiger partial charge in [-0.05, 0) is 55.8 Å². The minimum atomic E-state index is -0.0708. The predicted molar refractivity (Wildman–Crippen MR) is 86.3 cm³/mol. The van der Waals surface area contributed by atoms with Gasteiger partial charge in [0.15, 0.2) is 0 Å². The van der Waals surface area contributed by atoms with Crippen LogP contribution < -0.4 is 5.32 Å². The zero-order valence-electron chi connectivity index (χ0n) is 12.0. The fourth-order valence-corrected chi connectivity index (χ4v) is 3.46. The van der Waals surface area contributed by atoms with Crippen LogP contribution in [0.1, 0.15) is 44.5 Å². The Morgan fingerprint density at radius 1 is 1.35 bits per heavy atom. The van der Waals surface area contributed by atoms with E-state index in [4.69, 9.17) is 0 Å². The summed E-state index contributed by atoms with van der Waals surface area (Å²) in [4.78, 5) is 17.9. The predicted octanol–water partition coefficient (Wildman–Crippen LogP) is 4.32. The van der Waals surface area contributed by atoms with Crippen molar-refractivity contribution in [2.24, 2.45) is 0 Å². The average Bonchev–Trinajstić information content (AvgIpc) is 2.71. The van der Waals surface area contributed by atoms with Gasteiger partial charge in [0, 0.05) is 9.35 Å². The molecule has 1 atom stereocenters. The summed E-state index contributed by atoms with van der Waals surface area (Å²) in [6.45, 7) is 7.92. The van der Waals surface area contributed by atoms with Crippen molar-refractivity contribution in [3.63, 3.8) is 0 Å². The number of halogens is 1. The van der Waals surface area contributed by atoms with E-state index in [1.807, 2.05) is 45.9 Å². The van der Waals surface area contributed by atoms with Crippen LogP contribution >= 0.6 is 27.3 Å². The van der Waals surface area contributed by atoms with Crippen molar-refractivity contribution >= 4 is 33.2 Å². The maximum absolute atomic E-state index is 12.4. The van der Waals surface area contributed by atoms with E-state index in [0.29, 0.717) is 5.56 Å². The van der Waals surface area contributed by atoms with Crippen molar-refractivity contribution in [1.29, 1.82) is 0 Å². The largest absolute Gasteiger partial charge is 0.345 e. The molecule has 1 aromatic carbocycles. The summed E-state index contributed by atoms with van der Waals surface area (Å²) < 4.78 is 0.810. The molecule has 3 nitrogen and oxygen atoms in total. The van der Waals surface area contributed by atoms with Gasteiger partial charge in [-0.3, -0.25) is 4.79 Å². The highest BCUT2D eigenvalue weighted by Gasteiger charge is 2.17. The third-order valence-corrected chi connectivity index (χ3v) is 4.99. The van der Waals surface area contributed by atoms with Gasteiger partial charge in [-0.25, -0.2) is 4.98 Å². The lowest BCUT2D eigenvalue weighted by Crippen LogP contribution is -2.26. The van der Waals surface area contributed by atoms with Crippen molar-refractivity contribution in [3.05, 3.63) is 49.4 Å². The van der Waals surface area contributed by atoms with Crippen LogP contribution in [-0.4, -0.2) is 10.9 Å². The number of hydrogen-bond acceptors (Lipinski definition) is 3. The second kappa shape index (κ2) is 6.06. The fraction of sp³-hybridized carbons (Fsp3) is 0.333. The number of rotatable bonds is 3. The number of thiazole rings is 1. The standard InChI is InChI=1S/C15H17BrN2OS/c1-8-5-6-13(16)12(7-8)15(19)18-10(3)14-9(2)17-11(4)20-14/h5-7,10H,1-4H3,(H,18,19). The van der Waals surface area contributed by atoms with E-state index in [1.54, 1.807) is 11.3 Å². The zero-order chi connectivity index (χ0) is 14.9. The molecule has 20 heavy (non-hydrogen) atoms. The van der Waals surface area contributed by atoms with E-state index in [0.717, 1.165) is 25.6 Å². The fourth-order valence-electron chi connectivity index (χ4n) is 2.10. The van der Waals surface area contributed by atoms with Gasteiger partial charge in [0.1, 0.15) is 0 Å². The second-order valence-corrected chi connectivity index (χ2v) is 6.95. The minimum Gasteiger partial charge on any atom is -0.345 e. The van der Waals surface area contributed by atoms with E-state index in [-0.39, 0.29) is 11.9 Å². The number of aryl methyl sites for hydroxylation is 3. The monoisotopic (exact) mass is 352 g/mol. The first-order valence-corrected chi connectivity index (χ1v) is 8.00. The van der Waals surface area contributed by atoms with Crippen LogP contribution in [0.5, 0.6) is 0 Å². The van der Waals surface area contributed by atoms with Crippen molar-refractivity contribution < 1.29 is 4.79 Å². The molecule has 0 radical (unpaired) electrons. The molecule has 0 saturated carbocycles. The Bertz CT molecular complexity index is 651. The lowest BCUT2D eigenvalue weighted by atomic mass is 10.1. The lowest BCUT2D eigenvalue weighted by molar-refractivity contribution is 0.0939. The number of nitrogens with one attached hydrogen (secondary N) is 1. The van der Waals surface area contributed by atoms with Crippen LogP contribution in [-0.2, 0) is 0 Å². The summed E-state index contributed by atoms with van der Waals surface area (Å²) in [5.41, 5.74) is 2.72. The van der Waals surface area contributed by atoms with Gasteiger partial charge in [-0.2, -0.15) is 0 Å². The third-order valence-electron chi connectivity index (χ3n) is 3.05. The number of carbonyl (C=O) groups excluding carboxylic acids is 1. The normalized spacial score (nSPS) is 12.2. The molecule has 106 valence electrons. The topological polar surface area (TPSA) is 42.0 Å². The average molecular weight is 353 g/mol. The van der Waals surface area contributed by atoms with Gasteiger partial charge >= 0.3 is 0 Å². The van der Waals surface area contributed by atoms with Crippen molar-refractivity contribution in [2.45, 2.75) is 33.7 Å². The minimum absolute atomic E-state index is 0.0406. The summed E-state index contributed by atoms with van der Waals surface area (Å²) in [5, 5.41) is 4.06. The molecule has 0 fully saturated rings. The smallest absolute Gasteiger partial charge is 0.252 e. The van der Waals surface area contributed by atoms with E-state index in [9.17, 15) is 4.79 Å². The molecular formula is C15H17BrN2OS. The molecule has 2 rings (SSSR count). The van der Waals surface area contributed by atoms with Gasteiger partial charge in [-0.15, -0.1) is 11.3 Å². The van der Waals surface area contributed by atoms with Gasteiger partial charge in [0.05, 0.1) is 22.3 Å². The maximum atomic E-state index is 12.4. The summed E-state index contributed by atoms with van der Waals surface area (Å²) in [6, 6.07) is 5.72. The van der Waals surface area contributed by atoms with Crippen LogP contribution in [0.25, 0.3) is 0 Å². The maximum Gasteiger partial charge on any atom is 0.252 e. The van der Waals surface area contributed by atoms with Crippen LogP contribution in [0.3, 0.4) is 0 Å². The molecule has 0 aliphatic heterocycles. The Labute approximate surface area is 131 Å². The Balaban J connectivity index is 2.19. The summed E-state index contributed by atoms with van der Waals surface area (Å²) in [7, 11) is 0. The van der Waals surface area contributed by atoms with E-state index in [2.05, 4.69) is 26.2 Å². The molecule has 0 bridgehead atoms. The molecule has 0 saturated heterocycles. The van der Waals surface area contributed by atoms with Crippen LogP contribution in [0, 0.1) is 20.8 Å². The highest BCUT2D eigenvalue weighted by molar-refractivity contribution is 9.10. The molecule has 1 amide bonds. The first kappa shape index (κ1) is 15.2. The summed E-state index contributed by atoms with van der Waals surface area (Å²) in [6.07, 6.45) is 0. The molecule has 1 heterocycles. The van der Waals surface area contributed by atoms with Crippen molar-refractivity contribution in [2.75, 3.05) is 0 Å². The zero-order valence-corrected chi connectivity index (χ0v) is 14.4. The van der Waals surface area contributed by atoms with Gasteiger partial charge < -0.3 is 5.32 Å². The van der Waals surface area contributed by atoms with E-state index >= 15 is 0 Å². The molecule has 5 heteroatoms. The Morgan fingerprint density at radius 2 is 2.05 bits per heavy atom. The summed E-state index contributed by atoms with van der Waals surface area (Å²) in [5.74, 6) is -0.0708. The molecule has 2 aromatic rings. The number of aromatic nitrogens is 1. The number of nitrogens with zero attached hydrogens (tertiary/aromatic N) is 1. The number of benzene rings is 1. The van der Waals surface area contributed by atoms with E-state index < -0.39 is 0 Å². The van der Waals surface area contributed by atoms with Crippen molar-refractivity contribution in [1.82, 2.24) is 10.3 Å². The van der Waals surface area contributed by atoms with E-state index in [1.165, 1.54) is 0 Å². The highest BCUT2D eigenvalue weighted by atomic mass is 79.9. The number of hydrogen-bond donors (Lipinski definition) is 1. The Hall–Kier alpha value is -1.20. The van der Waals surface area contributed by atoms with Gasteiger partial charge in [-0.1, -0.05) is 11.6 Å². The first-order valence-electron chi connectivity index (χ1n) is 6.39. The summed E-state index contributed by atoms with van der Waals surface area (Å²) >= 11 is 5.05. The molecule has 1 unspecified atom stereocenters. The number of carbonyl (C=O) groups is 1. The first-order chi connectivity index (χ1) is 9.38. The second-order valence-electron chi connectivity index (χ2n) is 4.86. The molecule has 1 aromatic heterocycles. The quantitative estimate of drug-likeness (QED) is 0.893. The number of amides is 1. The molecule has 0 aliphatic rings. The van der Waals surface area contributed by atoms with Crippen LogP contribution in [0.2, 0.25) is 0 Å². The highest BCUT2D eigenvalue weighted by Crippen LogP contribution is 2.25. The van der Waals surface area contributed by atoms with Gasteiger partial charge in [0.2, 0.25) is 0 Å². The third kappa shape index (κ3) is 3.27.